The van der Waals surface area contributed by atoms with Crippen LogP contribution in [0.1, 0.15) is 87.0 Å². The van der Waals surface area contributed by atoms with Crippen molar-refractivity contribution in [2.24, 2.45) is 11.8 Å². The van der Waals surface area contributed by atoms with Crippen LogP contribution in [0.3, 0.4) is 0 Å². The minimum atomic E-state index is -1.22. The van der Waals surface area contributed by atoms with Crippen molar-refractivity contribution < 1.29 is 43.2 Å². The fourth-order valence-corrected chi connectivity index (χ4v) is 8.75. The molecule has 57 heavy (non-hydrogen) atoms. The number of cyclic esters (lactones) is 1. The molecule has 2 unspecified atom stereocenters. The lowest BCUT2D eigenvalue weighted by Gasteiger charge is -2.45. The first-order chi connectivity index (χ1) is 27.0. The maximum atomic E-state index is 14.0. The quantitative estimate of drug-likeness (QED) is 0.190. The van der Waals surface area contributed by atoms with Gasteiger partial charge in [0.2, 0.25) is 0 Å². The fraction of sp³-hybridized carbons (Fsp3) is 0.756. The summed E-state index contributed by atoms with van der Waals surface area (Å²) >= 11 is 0. The first-order valence-electron chi connectivity index (χ1n) is 20.5. The van der Waals surface area contributed by atoms with Gasteiger partial charge in [0.15, 0.2) is 11.9 Å². The van der Waals surface area contributed by atoms with E-state index in [9.17, 15) is 19.5 Å². The number of ketones is 1. The van der Waals surface area contributed by atoms with E-state index in [-0.39, 0.29) is 30.5 Å². The predicted octanol–water partition coefficient (Wildman–Crippen LogP) is 3.85. The van der Waals surface area contributed by atoms with Gasteiger partial charge in [-0.25, -0.2) is 4.79 Å². The van der Waals surface area contributed by atoms with Crippen LogP contribution in [-0.4, -0.2) is 147 Å². The zero-order valence-corrected chi connectivity index (χ0v) is 35.4. The van der Waals surface area contributed by atoms with E-state index in [2.05, 4.69) is 27.5 Å². The molecule has 3 fully saturated rings. The number of pyridine rings is 1. The molecule has 0 aliphatic carbocycles. The number of ether oxygens (including phenoxy) is 5. The van der Waals surface area contributed by atoms with Crippen LogP contribution in [0.2, 0.25) is 0 Å². The topological polar surface area (TPSA) is 180 Å². The SMILES string of the molecule is CC[C@H]1OC(=O)C(C)C(=O)C[C@@H](O[C@@H]2O[C@H](C)CC(N(C)C)[C@H]2O)[C@](C)(OC)C[C@@H](C)CN[C@H](C)[C@H]2N(CCCCn3cc(-c4ccccn4)nn3)C(=O)O[C@]12C. The Hall–Kier alpha value is -3.54. The zero-order chi connectivity index (χ0) is 41.7. The summed E-state index contributed by atoms with van der Waals surface area (Å²) in [5.74, 6) is -2.26. The van der Waals surface area contributed by atoms with E-state index in [0.29, 0.717) is 51.0 Å². The number of aromatic nitrogens is 4. The molecule has 318 valence electrons. The van der Waals surface area contributed by atoms with Crippen molar-refractivity contribution in [1.29, 1.82) is 0 Å². The van der Waals surface area contributed by atoms with E-state index in [4.69, 9.17) is 23.7 Å². The average Bonchev–Trinajstić information content (AvgIpc) is 3.76. The number of aliphatic hydroxyl groups is 1. The summed E-state index contributed by atoms with van der Waals surface area (Å²) in [6, 6.07) is 4.63. The monoisotopic (exact) mass is 799 g/mol. The number of rotatable bonds is 11. The molecule has 16 nitrogen and oxygen atoms in total. The Bertz CT molecular complexity index is 1650. The van der Waals surface area contributed by atoms with Gasteiger partial charge in [0.25, 0.3) is 0 Å². The lowest BCUT2D eigenvalue weighted by Crippen LogP contribution is -2.61. The number of fused-ring (bicyclic) bond motifs is 1. The molecule has 16 heteroatoms. The molecule has 2 aromatic heterocycles. The summed E-state index contributed by atoms with van der Waals surface area (Å²) in [4.78, 5) is 49.7. The largest absolute Gasteiger partial charge is 0.458 e. The lowest BCUT2D eigenvalue weighted by atomic mass is 9.83. The summed E-state index contributed by atoms with van der Waals surface area (Å²) in [6.07, 6.45) is 1.85. The number of hydrogen-bond donors (Lipinski definition) is 2. The van der Waals surface area contributed by atoms with E-state index in [1.165, 1.54) is 6.92 Å². The van der Waals surface area contributed by atoms with E-state index >= 15 is 0 Å². The molecule has 5 rings (SSSR count). The Morgan fingerprint density at radius 2 is 1.81 bits per heavy atom. The van der Waals surface area contributed by atoms with Crippen molar-refractivity contribution >= 4 is 17.8 Å². The number of esters is 1. The molecule has 1 amide bonds. The summed E-state index contributed by atoms with van der Waals surface area (Å²) in [6.45, 7) is 14.7. The average molecular weight is 800 g/mol. The van der Waals surface area contributed by atoms with E-state index in [1.54, 1.807) is 22.9 Å². The van der Waals surface area contributed by atoms with Crippen LogP contribution in [0.4, 0.5) is 4.79 Å². The Morgan fingerprint density at radius 1 is 1.07 bits per heavy atom. The number of methoxy groups -OCH3 is 1. The first kappa shape index (κ1) is 44.6. The number of Topliss-reactive ketones (excluding diaryl/α,β-unsaturated/α-hetero) is 1. The van der Waals surface area contributed by atoms with Gasteiger partial charge in [0.1, 0.15) is 29.6 Å². The van der Waals surface area contributed by atoms with Crippen LogP contribution in [0, 0.1) is 11.8 Å². The van der Waals surface area contributed by atoms with Crippen LogP contribution >= 0.6 is 0 Å². The van der Waals surface area contributed by atoms with Gasteiger partial charge >= 0.3 is 12.1 Å². The molecular weight excluding hydrogens is 734 g/mol. The zero-order valence-electron chi connectivity index (χ0n) is 35.4. The number of amides is 1. The van der Waals surface area contributed by atoms with Gasteiger partial charge in [-0.3, -0.25) is 24.2 Å². The Labute approximate surface area is 337 Å². The van der Waals surface area contributed by atoms with Crippen LogP contribution in [-0.2, 0) is 39.8 Å². The van der Waals surface area contributed by atoms with E-state index < -0.39 is 65.6 Å². The number of aryl methyl sites for hydroxylation is 1. The van der Waals surface area contributed by atoms with Gasteiger partial charge in [-0.2, -0.15) is 0 Å². The second kappa shape index (κ2) is 19.0. The normalized spacial score (nSPS) is 36.0. The number of hydrogen-bond acceptors (Lipinski definition) is 14. The number of likely N-dealkylation sites (N-methyl/N-ethyl adjacent to an activating group) is 1. The highest BCUT2D eigenvalue weighted by atomic mass is 16.7. The van der Waals surface area contributed by atoms with Gasteiger partial charge in [0, 0.05) is 44.9 Å². The summed E-state index contributed by atoms with van der Waals surface area (Å²) in [7, 11) is 5.38. The molecule has 12 atom stereocenters. The molecule has 3 aliphatic rings. The highest BCUT2D eigenvalue weighted by molar-refractivity contribution is 5.99. The van der Waals surface area contributed by atoms with Gasteiger partial charge in [0.05, 0.1) is 35.7 Å². The van der Waals surface area contributed by atoms with Crippen molar-refractivity contribution in [3.05, 3.63) is 30.6 Å². The second-order valence-corrected chi connectivity index (χ2v) is 16.9. The fourth-order valence-electron chi connectivity index (χ4n) is 8.75. The van der Waals surface area contributed by atoms with Gasteiger partial charge < -0.3 is 39.0 Å². The van der Waals surface area contributed by atoms with Crippen LogP contribution in [0.15, 0.2) is 30.6 Å². The molecule has 0 aromatic carbocycles. The number of aliphatic hydroxyl groups excluding tert-OH is 1. The highest BCUT2D eigenvalue weighted by Gasteiger charge is 2.58. The Morgan fingerprint density at radius 3 is 2.47 bits per heavy atom. The molecule has 5 heterocycles. The van der Waals surface area contributed by atoms with Crippen LogP contribution in [0.25, 0.3) is 11.4 Å². The summed E-state index contributed by atoms with van der Waals surface area (Å²) in [5.41, 5.74) is -0.795. The smallest absolute Gasteiger partial charge is 0.410 e. The number of carbonyl (C=O) groups is 3. The maximum absolute atomic E-state index is 14.0. The Kier molecular flexibility index (Phi) is 14.9. The van der Waals surface area contributed by atoms with Crippen molar-refractivity contribution in [2.45, 2.75) is 154 Å². The third kappa shape index (κ3) is 10.2. The van der Waals surface area contributed by atoms with Crippen LogP contribution < -0.4 is 5.32 Å². The standard InChI is InChI=1S/C41H65N7O9/c1-11-33-41(7)36(48(39(52)57-41)19-15-14-18-47-24-30(44-45-47)29-16-12-13-17-42-29)28(5)43-23-25(2)22-40(6,53-10)34(21-32(49)27(4)37(51)55-33)56-38-35(50)31(46(8)9)20-26(3)54-38/h12-13,16-17,24-28,31,33-36,38,43,50H,11,14-15,18-23H2,1-10H3/t25-,26-,27?,28-,31?,33-,34-,35-,36-,38+,40-,41-/m1/s1. The minimum absolute atomic E-state index is 0.00281. The van der Waals surface area contributed by atoms with Crippen molar-refractivity contribution in [2.75, 3.05) is 34.3 Å². The Balaban J connectivity index is 1.36. The first-order valence-corrected chi connectivity index (χ1v) is 20.5. The minimum Gasteiger partial charge on any atom is -0.458 e. The number of nitrogens with zero attached hydrogens (tertiary/aromatic N) is 6. The molecule has 0 bridgehead atoms. The molecule has 2 N–H and O–H groups in total. The van der Waals surface area contributed by atoms with Crippen molar-refractivity contribution in [3.63, 3.8) is 0 Å². The highest BCUT2D eigenvalue weighted by Crippen LogP contribution is 2.39. The van der Waals surface area contributed by atoms with E-state index in [1.807, 2.05) is 78.0 Å². The molecule has 3 saturated heterocycles. The van der Waals surface area contributed by atoms with Crippen LogP contribution in [0.5, 0.6) is 0 Å². The molecule has 0 saturated carbocycles. The summed E-state index contributed by atoms with van der Waals surface area (Å²) in [5, 5.41) is 23.5. The molecular formula is C41H65N7O9. The third-order valence-electron chi connectivity index (χ3n) is 12.2. The molecule has 0 radical (unpaired) electrons. The van der Waals surface area contributed by atoms with Gasteiger partial charge in [-0.05, 0) is 105 Å². The summed E-state index contributed by atoms with van der Waals surface area (Å²) < 4.78 is 33.0. The predicted molar refractivity (Wildman–Crippen MR) is 211 cm³/mol. The van der Waals surface area contributed by atoms with Gasteiger partial charge in [-0.15, -0.1) is 5.10 Å². The third-order valence-corrected chi connectivity index (χ3v) is 12.2. The number of unbranched alkanes of at least 4 members (excludes halogenated alkanes) is 1. The number of carbonyl (C=O) groups excluding carboxylic acids is 3. The van der Waals surface area contributed by atoms with Gasteiger partial charge in [-0.1, -0.05) is 25.1 Å². The molecule has 0 spiro atoms. The second-order valence-electron chi connectivity index (χ2n) is 16.9. The lowest BCUT2D eigenvalue weighted by molar-refractivity contribution is -0.289. The number of nitrogens with one attached hydrogen (secondary N) is 1. The van der Waals surface area contributed by atoms with E-state index in [0.717, 1.165) is 12.1 Å². The maximum Gasteiger partial charge on any atom is 0.410 e. The molecule has 2 aromatic rings. The van der Waals surface area contributed by atoms with Crippen molar-refractivity contribution in [3.8, 4) is 11.4 Å². The molecule has 3 aliphatic heterocycles. The van der Waals surface area contributed by atoms with Crippen molar-refractivity contribution in [1.82, 2.24) is 35.1 Å².